The Morgan fingerprint density at radius 2 is 2.15 bits per heavy atom. The largest absolute Gasteiger partial charge is 0.299 e. The van der Waals surface area contributed by atoms with Crippen molar-refractivity contribution in [3.05, 3.63) is 63.4 Å². The van der Waals surface area contributed by atoms with Gasteiger partial charge in [0.1, 0.15) is 0 Å². The minimum atomic E-state index is 0.00392. The van der Waals surface area contributed by atoms with Gasteiger partial charge < -0.3 is 0 Å². The highest BCUT2D eigenvalue weighted by Crippen LogP contribution is 2.21. The highest BCUT2D eigenvalue weighted by atomic mass is 32.1. The summed E-state index contributed by atoms with van der Waals surface area (Å²) in [5.74, 6) is 0.516. The van der Waals surface area contributed by atoms with E-state index in [1.165, 1.54) is 5.69 Å². The van der Waals surface area contributed by atoms with Crippen LogP contribution in [0.4, 0.5) is 0 Å². The van der Waals surface area contributed by atoms with E-state index in [-0.39, 0.29) is 5.56 Å². The average molecular weight is 382 g/mol. The van der Waals surface area contributed by atoms with Crippen molar-refractivity contribution < 1.29 is 0 Å². The Hall–Kier alpha value is -2.38. The van der Waals surface area contributed by atoms with Crippen molar-refractivity contribution >= 4 is 11.3 Å². The van der Waals surface area contributed by atoms with Crippen LogP contribution < -0.4 is 5.56 Å². The molecule has 4 rings (SSSR count). The van der Waals surface area contributed by atoms with Crippen LogP contribution >= 0.6 is 11.3 Å². The normalized spacial score (nSPS) is 15.9. The van der Waals surface area contributed by atoms with E-state index < -0.39 is 0 Å². The van der Waals surface area contributed by atoms with E-state index in [0.29, 0.717) is 11.6 Å². The molecule has 0 radical (unpaired) electrons. The topological polar surface area (TPSA) is 63.9 Å². The van der Waals surface area contributed by atoms with Crippen LogP contribution in [0, 0.1) is 12.8 Å². The molecule has 1 fully saturated rings. The van der Waals surface area contributed by atoms with Crippen molar-refractivity contribution in [1.29, 1.82) is 0 Å². The van der Waals surface area contributed by atoms with Crippen LogP contribution in [0.5, 0.6) is 0 Å². The number of rotatable bonds is 5. The average Bonchev–Trinajstić information content (AvgIpc) is 3.10. The molecule has 0 aliphatic carbocycles. The highest BCUT2D eigenvalue weighted by Gasteiger charge is 2.20. The van der Waals surface area contributed by atoms with Crippen LogP contribution in [-0.2, 0) is 13.1 Å². The molecule has 0 amide bonds. The van der Waals surface area contributed by atoms with E-state index in [1.54, 1.807) is 40.7 Å². The van der Waals surface area contributed by atoms with E-state index in [4.69, 9.17) is 0 Å². The third-order valence-electron chi connectivity index (χ3n) is 5.05. The van der Waals surface area contributed by atoms with E-state index in [1.807, 2.05) is 19.1 Å². The molecule has 0 bridgehead atoms. The van der Waals surface area contributed by atoms with E-state index in [9.17, 15) is 4.79 Å². The molecule has 4 heterocycles. The molecule has 7 heteroatoms. The lowest BCUT2D eigenvalue weighted by Gasteiger charge is -2.31. The fourth-order valence-electron chi connectivity index (χ4n) is 3.55. The first-order valence-electron chi connectivity index (χ1n) is 9.27. The predicted octanol–water partition coefficient (Wildman–Crippen LogP) is 2.98. The van der Waals surface area contributed by atoms with Gasteiger partial charge in [-0.15, -0.1) is 11.3 Å². The first-order valence-corrected chi connectivity index (χ1v) is 10.2. The van der Waals surface area contributed by atoms with Gasteiger partial charge in [0, 0.05) is 42.5 Å². The second kappa shape index (κ2) is 8.10. The maximum absolute atomic E-state index is 12.5. The second-order valence-corrected chi connectivity index (χ2v) is 8.15. The molecule has 6 nitrogen and oxygen atoms in total. The minimum absolute atomic E-state index is 0.00392. The van der Waals surface area contributed by atoms with Crippen molar-refractivity contribution in [1.82, 2.24) is 24.4 Å². The first-order chi connectivity index (χ1) is 13.2. The zero-order valence-electron chi connectivity index (χ0n) is 15.4. The number of hydrogen-bond donors (Lipinski definition) is 0. The SMILES string of the molecule is Cc1nc(CN2CCC(Cn3cnc(-c4cccnc4)cc3=O)CC2)cs1. The summed E-state index contributed by atoms with van der Waals surface area (Å²) in [5, 5.41) is 3.28. The summed E-state index contributed by atoms with van der Waals surface area (Å²) in [6.45, 7) is 5.82. The molecule has 0 saturated carbocycles. The lowest BCUT2D eigenvalue weighted by Crippen LogP contribution is -2.36. The monoisotopic (exact) mass is 381 g/mol. The summed E-state index contributed by atoms with van der Waals surface area (Å²) >= 11 is 1.71. The minimum Gasteiger partial charge on any atom is -0.299 e. The van der Waals surface area contributed by atoms with Crippen molar-refractivity contribution in [2.45, 2.75) is 32.9 Å². The number of aromatic nitrogens is 4. The second-order valence-electron chi connectivity index (χ2n) is 7.08. The smallest absolute Gasteiger partial charge is 0.253 e. The number of pyridine rings is 1. The van der Waals surface area contributed by atoms with Gasteiger partial charge in [-0.3, -0.25) is 19.2 Å². The lowest BCUT2D eigenvalue weighted by atomic mass is 9.96. The van der Waals surface area contributed by atoms with Crippen molar-refractivity contribution in [3.63, 3.8) is 0 Å². The quantitative estimate of drug-likeness (QED) is 0.680. The Balaban J connectivity index is 1.34. The summed E-state index contributed by atoms with van der Waals surface area (Å²) in [4.78, 5) is 28.0. The van der Waals surface area contributed by atoms with Gasteiger partial charge >= 0.3 is 0 Å². The van der Waals surface area contributed by atoms with Gasteiger partial charge in [-0.2, -0.15) is 0 Å². The van der Waals surface area contributed by atoms with E-state index in [0.717, 1.165) is 49.6 Å². The van der Waals surface area contributed by atoms with Crippen LogP contribution in [0.15, 0.2) is 47.1 Å². The summed E-state index contributed by atoms with van der Waals surface area (Å²) in [6.07, 6.45) is 7.31. The molecule has 0 unspecified atom stereocenters. The molecule has 1 aliphatic heterocycles. The molecule has 140 valence electrons. The molecule has 0 N–H and O–H groups in total. The Bertz CT molecular complexity index is 944. The fraction of sp³-hybridized carbons (Fsp3) is 0.400. The Morgan fingerprint density at radius 1 is 1.30 bits per heavy atom. The third-order valence-corrected chi connectivity index (χ3v) is 5.87. The summed E-state index contributed by atoms with van der Waals surface area (Å²) in [7, 11) is 0. The van der Waals surface area contributed by atoms with Gasteiger partial charge in [-0.25, -0.2) is 9.97 Å². The molecule has 1 aliphatic rings. The molecular formula is C20H23N5OS. The molecule has 1 saturated heterocycles. The molecule has 0 atom stereocenters. The lowest BCUT2D eigenvalue weighted by molar-refractivity contribution is 0.165. The fourth-order valence-corrected chi connectivity index (χ4v) is 4.15. The number of aryl methyl sites for hydroxylation is 1. The number of nitrogens with zero attached hydrogens (tertiary/aromatic N) is 5. The Kier molecular flexibility index (Phi) is 5.40. The van der Waals surface area contributed by atoms with Crippen molar-refractivity contribution in [2.24, 2.45) is 5.92 Å². The van der Waals surface area contributed by atoms with Crippen LogP contribution in [-0.4, -0.2) is 37.5 Å². The van der Waals surface area contributed by atoms with E-state index >= 15 is 0 Å². The molecule has 27 heavy (non-hydrogen) atoms. The zero-order chi connectivity index (χ0) is 18.6. The summed E-state index contributed by atoms with van der Waals surface area (Å²) in [6, 6.07) is 5.37. The maximum Gasteiger partial charge on any atom is 0.253 e. The zero-order valence-corrected chi connectivity index (χ0v) is 16.2. The van der Waals surface area contributed by atoms with Crippen molar-refractivity contribution in [3.8, 4) is 11.3 Å². The van der Waals surface area contributed by atoms with Gasteiger partial charge in [0.25, 0.3) is 5.56 Å². The van der Waals surface area contributed by atoms with Gasteiger partial charge in [-0.05, 0) is 50.9 Å². The van der Waals surface area contributed by atoms with Gasteiger partial charge in [0.05, 0.1) is 22.7 Å². The Morgan fingerprint density at radius 3 is 2.81 bits per heavy atom. The Labute approximate surface area is 162 Å². The number of likely N-dealkylation sites (tertiary alicyclic amines) is 1. The van der Waals surface area contributed by atoms with Gasteiger partial charge in [-0.1, -0.05) is 0 Å². The standard InChI is InChI=1S/C20H23N5OS/c1-15-23-18(13-27-15)12-24-7-4-16(5-8-24)11-25-14-22-19(9-20(25)26)17-3-2-6-21-10-17/h2-3,6,9-10,13-14,16H,4-5,7-8,11-12H2,1H3. The van der Waals surface area contributed by atoms with E-state index in [2.05, 4.69) is 25.2 Å². The first kappa shape index (κ1) is 18.0. The van der Waals surface area contributed by atoms with Crippen LogP contribution in [0.1, 0.15) is 23.5 Å². The molecule has 3 aromatic rings. The van der Waals surface area contributed by atoms with Crippen LogP contribution in [0.3, 0.4) is 0 Å². The maximum atomic E-state index is 12.5. The number of hydrogen-bond acceptors (Lipinski definition) is 6. The molecule has 0 aromatic carbocycles. The van der Waals surface area contributed by atoms with Crippen LogP contribution in [0.2, 0.25) is 0 Å². The van der Waals surface area contributed by atoms with Crippen molar-refractivity contribution in [2.75, 3.05) is 13.1 Å². The highest BCUT2D eigenvalue weighted by molar-refractivity contribution is 7.09. The number of thiazole rings is 1. The van der Waals surface area contributed by atoms with Gasteiger partial charge in [0.2, 0.25) is 0 Å². The third kappa shape index (κ3) is 4.48. The number of piperidine rings is 1. The predicted molar refractivity (Wildman–Crippen MR) is 107 cm³/mol. The van der Waals surface area contributed by atoms with Gasteiger partial charge in [0.15, 0.2) is 0 Å². The summed E-state index contributed by atoms with van der Waals surface area (Å²) < 4.78 is 1.74. The van der Waals surface area contributed by atoms with Crippen LogP contribution in [0.25, 0.3) is 11.3 Å². The molecule has 0 spiro atoms. The molecular weight excluding hydrogens is 358 g/mol. The summed E-state index contributed by atoms with van der Waals surface area (Å²) in [5.41, 5.74) is 2.72. The molecule has 3 aromatic heterocycles.